The van der Waals surface area contributed by atoms with E-state index in [4.69, 9.17) is 5.14 Å². The Morgan fingerprint density at radius 3 is 2.29 bits per heavy atom. The number of carbonyl (C=O) groups excluding carboxylic acids is 1. The van der Waals surface area contributed by atoms with Gasteiger partial charge in [-0.1, -0.05) is 19.1 Å². The van der Waals surface area contributed by atoms with Crippen molar-refractivity contribution in [3.8, 4) is 0 Å². The summed E-state index contributed by atoms with van der Waals surface area (Å²) in [6, 6.07) is 6.25. The molecular weight excluding hydrogens is 290 g/mol. The van der Waals surface area contributed by atoms with Gasteiger partial charge in [-0.05, 0) is 38.0 Å². The van der Waals surface area contributed by atoms with Gasteiger partial charge in [-0.2, -0.15) is 0 Å². The monoisotopic (exact) mass is 313 g/mol. The summed E-state index contributed by atoms with van der Waals surface area (Å²) in [4.78, 5) is 11.8. The lowest BCUT2D eigenvalue weighted by Gasteiger charge is -2.16. The summed E-state index contributed by atoms with van der Waals surface area (Å²) in [6.45, 7) is 6.16. The highest BCUT2D eigenvalue weighted by Gasteiger charge is 2.12. The first-order chi connectivity index (χ1) is 9.74. The maximum atomic E-state index is 11.8. The van der Waals surface area contributed by atoms with Crippen LogP contribution in [-0.2, 0) is 14.8 Å². The number of nitrogens with one attached hydrogen (secondary N) is 2. The number of carbonyl (C=O) groups is 1. The molecule has 2 atom stereocenters. The Kier molecular flexibility index (Phi) is 6.32. The highest BCUT2D eigenvalue weighted by molar-refractivity contribution is 7.89. The van der Waals surface area contributed by atoms with Crippen molar-refractivity contribution >= 4 is 15.9 Å². The molecule has 0 aliphatic rings. The van der Waals surface area contributed by atoms with Gasteiger partial charge in [0.15, 0.2) is 0 Å². The minimum Gasteiger partial charge on any atom is -0.348 e. The number of sulfonamides is 1. The Morgan fingerprint density at radius 2 is 1.81 bits per heavy atom. The molecule has 0 saturated carbocycles. The van der Waals surface area contributed by atoms with Crippen LogP contribution in [0.5, 0.6) is 0 Å². The smallest absolute Gasteiger partial charge is 0.238 e. The number of amides is 1. The fourth-order valence-electron chi connectivity index (χ4n) is 1.73. The van der Waals surface area contributed by atoms with Gasteiger partial charge in [0.1, 0.15) is 0 Å². The van der Waals surface area contributed by atoms with E-state index in [1.54, 1.807) is 12.1 Å². The average Bonchev–Trinajstić information content (AvgIpc) is 2.43. The molecule has 0 fully saturated rings. The predicted octanol–water partition coefficient (Wildman–Crippen LogP) is 0.899. The molecular formula is C14H23N3O3S. The van der Waals surface area contributed by atoms with E-state index in [9.17, 15) is 13.2 Å². The molecule has 0 spiro atoms. The lowest BCUT2D eigenvalue weighted by atomic mass is 10.1. The van der Waals surface area contributed by atoms with Crippen LogP contribution in [0.25, 0.3) is 0 Å². The third-order valence-electron chi connectivity index (χ3n) is 3.31. The number of rotatable bonds is 7. The lowest BCUT2D eigenvalue weighted by Crippen LogP contribution is -2.38. The molecule has 0 aliphatic heterocycles. The van der Waals surface area contributed by atoms with Gasteiger partial charge in [0.2, 0.25) is 15.9 Å². The van der Waals surface area contributed by atoms with Gasteiger partial charge in [-0.25, -0.2) is 13.6 Å². The van der Waals surface area contributed by atoms with Crippen molar-refractivity contribution in [2.45, 2.75) is 44.2 Å². The van der Waals surface area contributed by atoms with E-state index < -0.39 is 10.0 Å². The zero-order chi connectivity index (χ0) is 16.0. The third-order valence-corrected chi connectivity index (χ3v) is 4.24. The van der Waals surface area contributed by atoms with Gasteiger partial charge < -0.3 is 10.6 Å². The first-order valence-corrected chi connectivity index (χ1v) is 8.44. The van der Waals surface area contributed by atoms with E-state index in [1.807, 2.05) is 20.8 Å². The van der Waals surface area contributed by atoms with E-state index in [1.165, 1.54) is 12.1 Å². The van der Waals surface area contributed by atoms with Crippen LogP contribution < -0.4 is 15.8 Å². The van der Waals surface area contributed by atoms with Crippen molar-refractivity contribution in [2.75, 3.05) is 6.54 Å². The van der Waals surface area contributed by atoms with Gasteiger partial charge >= 0.3 is 0 Å². The Balaban J connectivity index is 2.59. The number of benzene rings is 1. The van der Waals surface area contributed by atoms with Crippen molar-refractivity contribution in [3.63, 3.8) is 0 Å². The van der Waals surface area contributed by atoms with Gasteiger partial charge in [-0.3, -0.25) is 4.79 Å². The fraction of sp³-hybridized carbons (Fsp3) is 0.500. The van der Waals surface area contributed by atoms with Crippen molar-refractivity contribution in [3.05, 3.63) is 29.8 Å². The summed E-state index contributed by atoms with van der Waals surface area (Å²) in [6.07, 6.45) is 0.956. The highest BCUT2D eigenvalue weighted by atomic mass is 32.2. The third kappa shape index (κ3) is 5.82. The maximum Gasteiger partial charge on any atom is 0.238 e. The summed E-state index contributed by atoms with van der Waals surface area (Å²) in [5, 5.41) is 11.0. The highest BCUT2D eigenvalue weighted by Crippen LogP contribution is 2.15. The van der Waals surface area contributed by atoms with Crippen molar-refractivity contribution in [1.82, 2.24) is 10.6 Å². The minimum atomic E-state index is -3.69. The Morgan fingerprint density at radius 1 is 1.24 bits per heavy atom. The number of hydrogen-bond donors (Lipinski definition) is 3. The largest absolute Gasteiger partial charge is 0.348 e. The normalized spacial score (nSPS) is 14.5. The van der Waals surface area contributed by atoms with Crippen LogP contribution in [0.2, 0.25) is 0 Å². The summed E-state index contributed by atoms with van der Waals surface area (Å²) in [7, 11) is -3.69. The molecule has 0 saturated heterocycles. The van der Waals surface area contributed by atoms with Crippen LogP contribution in [0.3, 0.4) is 0 Å². The average molecular weight is 313 g/mol. The van der Waals surface area contributed by atoms with E-state index >= 15 is 0 Å². The van der Waals surface area contributed by atoms with Crippen LogP contribution in [0.4, 0.5) is 0 Å². The van der Waals surface area contributed by atoms with Gasteiger partial charge in [0.05, 0.1) is 17.5 Å². The second kappa shape index (κ2) is 7.53. The zero-order valence-corrected chi connectivity index (χ0v) is 13.4. The molecule has 2 unspecified atom stereocenters. The molecule has 0 aliphatic carbocycles. The van der Waals surface area contributed by atoms with Crippen LogP contribution in [0.1, 0.15) is 38.8 Å². The van der Waals surface area contributed by atoms with E-state index in [0.717, 1.165) is 12.0 Å². The molecule has 21 heavy (non-hydrogen) atoms. The van der Waals surface area contributed by atoms with Crippen molar-refractivity contribution in [1.29, 1.82) is 0 Å². The number of primary sulfonamides is 1. The second-order valence-electron chi connectivity index (χ2n) is 5.09. The number of nitrogens with two attached hydrogens (primary N) is 1. The first kappa shape index (κ1) is 17.6. The van der Waals surface area contributed by atoms with Crippen LogP contribution in [0.15, 0.2) is 29.2 Å². The molecule has 4 N–H and O–H groups in total. The lowest BCUT2D eigenvalue weighted by molar-refractivity contribution is -0.121. The minimum absolute atomic E-state index is 0.0585. The molecule has 6 nitrogen and oxygen atoms in total. The van der Waals surface area contributed by atoms with E-state index in [-0.39, 0.29) is 23.4 Å². The zero-order valence-electron chi connectivity index (χ0n) is 12.6. The van der Waals surface area contributed by atoms with Crippen LogP contribution >= 0.6 is 0 Å². The van der Waals surface area contributed by atoms with Gasteiger partial charge in [0.25, 0.3) is 0 Å². The maximum absolute atomic E-state index is 11.8. The standard InChI is InChI=1S/C14H23N3O3S/c1-4-10(2)16-9-14(18)17-11(3)12-5-7-13(8-6-12)21(15,19)20/h5-8,10-11,16H,4,9H2,1-3H3,(H,17,18)(H2,15,19,20). The fourth-order valence-corrected chi connectivity index (χ4v) is 2.25. The molecule has 1 amide bonds. The molecule has 7 heteroatoms. The number of hydrogen-bond acceptors (Lipinski definition) is 4. The quantitative estimate of drug-likeness (QED) is 0.696. The van der Waals surface area contributed by atoms with E-state index in [2.05, 4.69) is 10.6 Å². The summed E-state index contributed by atoms with van der Waals surface area (Å²) >= 11 is 0. The summed E-state index contributed by atoms with van der Waals surface area (Å²) < 4.78 is 22.3. The summed E-state index contributed by atoms with van der Waals surface area (Å²) in [5.74, 6) is -0.0988. The van der Waals surface area contributed by atoms with Crippen molar-refractivity contribution in [2.24, 2.45) is 5.14 Å². The van der Waals surface area contributed by atoms with Crippen LogP contribution in [-0.4, -0.2) is 26.9 Å². The molecule has 0 aromatic heterocycles. The SMILES string of the molecule is CCC(C)NCC(=O)NC(C)c1ccc(S(N)(=O)=O)cc1. The molecule has 0 bridgehead atoms. The topological polar surface area (TPSA) is 101 Å². The first-order valence-electron chi connectivity index (χ1n) is 6.89. The Labute approximate surface area is 126 Å². The molecule has 1 rings (SSSR count). The molecule has 0 heterocycles. The molecule has 1 aromatic carbocycles. The van der Waals surface area contributed by atoms with Crippen molar-refractivity contribution < 1.29 is 13.2 Å². The van der Waals surface area contributed by atoms with Gasteiger partial charge in [-0.15, -0.1) is 0 Å². The van der Waals surface area contributed by atoms with Crippen LogP contribution in [0, 0.1) is 0 Å². The Hall–Kier alpha value is -1.44. The molecule has 0 radical (unpaired) electrons. The Bertz CT molecular complexity index is 570. The molecule has 1 aromatic rings. The second-order valence-corrected chi connectivity index (χ2v) is 6.65. The molecule has 118 valence electrons. The predicted molar refractivity (Wildman–Crippen MR) is 82.1 cm³/mol. The summed E-state index contributed by atoms with van der Waals surface area (Å²) in [5.41, 5.74) is 0.819. The van der Waals surface area contributed by atoms with E-state index in [0.29, 0.717) is 6.04 Å². The van der Waals surface area contributed by atoms with Gasteiger partial charge in [0, 0.05) is 6.04 Å².